The first-order valence-corrected chi connectivity index (χ1v) is 8.41. The van der Waals surface area contributed by atoms with Crippen LogP contribution in [0.3, 0.4) is 0 Å². The van der Waals surface area contributed by atoms with Crippen LogP contribution < -0.4 is 11.1 Å². The zero-order valence-corrected chi connectivity index (χ0v) is 15.7. The lowest BCUT2D eigenvalue weighted by Crippen LogP contribution is -2.53. The van der Waals surface area contributed by atoms with Gasteiger partial charge in [-0.2, -0.15) is 0 Å². The smallest absolute Gasteiger partial charge is 0.245 e. The second-order valence-electron chi connectivity index (χ2n) is 6.44. The van der Waals surface area contributed by atoms with E-state index in [1.54, 1.807) is 13.0 Å². The van der Waals surface area contributed by atoms with Gasteiger partial charge in [0.05, 0.1) is 5.02 Å². The number of carbonyl (C=O) groups is 3. The van der Waals surface area contributed by atoms with Crippen LogP contribution >= 0.6 is 11.6 Å². The van der Waals surface area contributed by atoms with E-state index in [1.807, 2.05) is 13.8 Å². The number of nitrogens with zero attached hydrogens (tertiary/aromatic N) is 2. The number of hydrogen-bond donors (Lipinski definition) is 2. The topological polar surface area (TPSA) is 105 Å². The van der Waals surface area contributed by atoms with E-state index in [9.17, 15) is 14.4 Å². The monoisotopic (exact) mass is 368 g/mol. The summed E-state index contributed by atoms with van der Waals surface area (Å²) in [5, 5.41) is 2.96. The third-order valence-corrected chi connectivity index (χ3v) is 4.20. The highest BCUT2D eigenvalue weighted by molar-refractivity contribution is 6.30. The van der Waals surface area contributed by atoms with Gasteiger partial charge < -0.3 is 16.0 Å². The van der Waals surface area contributed by atoms with Crippen molar-refractivity contribution in [1.29, 1.82) is 0 Å². The molecule has 2 atom stereocenters. The zero-order valence-electron chi connectivity index (χ0n) is 15.0. The summed E-state index contributed by atoms with van der Waals surface area (Å²) in [6.07, 6.45) is 2.67. The fourth-order valence-electron chi connectivity index (χ4n) is 2.59. The molecule has 0 aliphatic carbocycles. The van der Waals surface area contributed by atoms with Crippen molar-refractivity contribution < 1.29 is 14.4 Å². The fourth-order valence-corrected chi connectivity index (χ4v) is 2.77. The van der Waals surface area contributed by atoms with Crippen LogP contribution in [0.25, 0.3) is 0 Å². The van der Waals surface area contributed by atoms with Gasteiger partial charge in [-0.1, -0.05) is 25.4 Å². The van der Waals surface area contributed by atoms with E-state index < -0.39 is 18.0 Å². The molecule has 25 heavy (non-hydrogen) atoms. The maximum absolute atomic E-state index is 12.7. The van der Waals surface area contributed by atoms with E-state index >= 15 is 0 Å². The summed E-state index contributed by atoms with van der Waals surface area (Å²) < 4.78 is 0. The zero-order chi connectivity index (χ0) is 19.1. The van der Waals surface area contributed by atoms with E-state index in [2.05, 4.69) is 10.3 Å². The number of likely N-dealkylation sites (N-methyl/N-ethyl adjacent to an activating group) is 1. The van der Waals surface area contributed by atoms with Crippen molar-refractivity contribution in [2.24, 2.45) is 11.7 Å². The largest absolute Gasteiger partial charge is 0.368 e. The molecule has 1 unspecified atom stereocenters. The number of nitrogens with two attached hydrogens (primary N) is 1. The molecular formula is C17H25ClN4O3. The highest BCUT2D eigenvalue weighted by Crippen LogP contribution is 2.17. The molecule has 0 aliphatic heterocycles. The standard InChI is InChI=1S/C17H25ClN4O3/c1-10(2)5-14(21-9-23)17(25)22(4)15(16(19)24)7-12-6-13(18)8-20-11(12)3/h6,8-10,14-15H,5,7H2,1-4H3,(H2,19,24)(H,21,23)/t14?,15-/m0/s1. The van der Waals surface area contributed by atoms with Crippen molar-refractivity contribution in [3.63, 3.8) is 0 Å². The Bertz CT molecular complexity index is 636. The molecule has 3 amide bonds. The minimum atomic E-state index is -0.866. The number of nitrogens with one attached hydrogen (secondary N) is 1. The number of aryl methyl sites for hydroxylation is 1. The Morgan fingerprint density at radius 1 is 1.44 bits per heavy atom. The van der Waals surface area contributed by atoms with Crippen LogP contribution in [-0.4, -0.2) is 47.2 Å². The summed E-state index contributed by atoms with van der Waals surface area (Å²) in [6.45, 7) is 5.68. The van der Waals surface area contributed by atoms with Gasteiger partial charge in [0, 0.05) is 25.4 Å². The van der Waals surface area contributed by atoms with Crippen molar-refractivity contribution in [3.05, 3.63) is 28.5 Å². The van der Waals surface area contributed by atoms with E-state index in [1.165, 1.54) is 18.1 Å². The first-order chi connectivity index (χ1) is 11.7. The number of aromatic nitrogens is 1. The summed E-state index contributed by atoms with van der Waals surface area (Å²) in [6, 6.07) is 0.130. The molecule has 0 spiro atoms. The minimum Gasteiger partial charge on any atom is -0.368 e. The number of carbonyl (C=O) groups excluding carboxylic acids is 3. The van der Waals surface area contributed by atoms with Gasteiger partial charge in [0.2, 0.25) is 18.2 Å². The highest BCUT2D eigenvalue weighted by atomic mass is 35.5. The maximum atomic E-state index is 12.7. The summed E-state index contributed by atoms with van der Waals surface area (Å²) in [4.78, 5) is 40.9. The van der Waals surface area contributed by atoms with Crippen LogP contribution in [0.2, 0.25) is 5.02 Å². The van der Waals surface area contributed by atoms with Crippen LogP contribution in [0.15, 0.2) is 12.3 Å². The molecule has 0 bridgehead atoms. The molecule has 8 heteroatoms. The van der Waals surface area contributed by atoms with E-state index in [0.29, 0.717) is 23.5 Å². The van der Waals surface area contributed by atoms with Crippen LogP contribution in [0.1, 0.15) is 31.5 Å². The van der Waals surface area contributed by atoms with Crippen LogP contribution in [0.5, 0.6) is 0 Å². The molecule has 3 N–H and O–H groups in total. The van der Waals surface area contributed by atoms with Gasteiger partial charge in [0.15, 0.2) is 0 Å². The molecule has 0 aliphatic rings. The molecule has 1 rings (SSSR count). The molecule has 0 saturated carbocycles. The van der Waals surface area contributed by atoms with Crippen molar-refractivity contribution in [1.82, 2.24) is 15.2 Å². The second-order valence-corrected chi connectivity index (χ2v) is 6.87. The van der Waals surface area contributed by atoms with Crippen molar-refractivity contribution in [2.45, 2.75) is 45.7 Å². The fraction of sp³-hybridized carbons (Fsp3) is 0.529. The third kappa shape index (κ3) is 6.01. The molecule has 0 saturated heterocycles. The first kappa shape index (κ1) is 20.9. The molecule has 1 aromatic heterocycles. The lowest BCUT2D eigenvalue weighted by atomic mass is 9.99. The van der Waals surface area contributed by atoms with Crippen molar-refractivity contribution in [2.75, 3.05) is 7.05 Å². The van der Waals surface area contributed by atoms with Crippen molar-refractivity contribution in [3.8, 4) is 0 Å². The summed E-state index contributed by atoms with van der Waals surface area (Å²) in [5.41, 5.74) is 6.96. The van der Waals surface area contributed by atoms with Crippen LogP contribution in [0, 0.1) is 12.8 Å². The molecule has 7 nitrogen and oxygen atoms in total. The lowest BCUT2D eigenvalue weighted by Gasteiger charge is -2.30. The molecule has 0 radical (unpaired) electrons. The Morgan fingerprint density at radius 3 is 2.60 bits per heavy atom. The molecule has 138 valence electrons. The SMILES string of the molecule is Cc1ncc(Cl)cc1C[C@@H](C(N)=O)N(C)C(=O)C(CC(C)C)NC=O. The number of pyridine rings is 1. The number of amides is 3. The van der Waals surface area contributed by atoms with E-state index in [4.69, 9.17) is 17.3 Å². The second kappa shape index (κ2) is 9.36. The van der Waals surface area contributed by atoms with Gasteiger partial charge in [-0.3, -0.25) is 19.4 Å². The lowest BCUT2D eigenvalue weighted by molar-refractivity contribution is -0.140. The summed E-state index contributed by atoms with van der Waals surface area (Å²) in [5.74, 6) is -0.803. The Balaban J connectivity index is 3.03. The number of primary amides is 1. The predicted octanol–water partition coefficient (Wildman–Crippen LogP) is 1.06. The average Bonchev–Trinajstić information content (AvgIpc) is 2.53. The highest BCUT2D eigenvalue weighted by Gasteiger charge is 2.30. The Labute approximate surface area is 152 Å². The van der Waals surface area contributed by atoms with E-state index in [0.717, 1.165) is 5.56 Å². The van der Waals surface area contributed by atoms with Gasteiger partial charge in [-0.25, -0.2) is 0 Å². The summed E-state index contributed by atoms with van der Waals surface area (Å²) in [7, 11) is 1.50. The molecular weight excluding hydrogens is 344 g/mol. The van der Waals surface area contributed by atoms with Crippen LogP contribution in [-0.2, 0) is 20.8 Å². The minimum absolute atomic E-state index is 0.196. The molecule has 1 aromatic rings. The quantitative estimate of drug-likeness (QED) is 0.635. The third-order valence-electron chi connectivity index (χ3n) is 3.99. The maximum Gasteiger partial charge on any atom is 0.245 e. The van der Waals surface area contributed by atoms with Gasteiger partial charge in [0.25, 0.3) is 0 Å². The van der Waals surface area contributed by atoms with Gasteiger partial charge >= 0.3 is 0 Å². The summed E-state index contributed by atoms with van der Waals surface area (Å²) >= 11 is 5.96. The first-order valence-electron chi connectivity index (χ1n) is 8.04. The number of rotatable bonds is 9. The van der Waals surface area contributed by atoms with E-state index in [-0.39, 0.29) is 18.2 Å². The van der Waals surface area contributed by atoms with Crippen molar-refractivity contribution >= 4 is 29.8 Å². The molecule has 0 fully saturated rings. The van der Waals surface area contributed by atoms with Gasteiger partial charge in [-0.05, 0) is 30.9 Å². The Hall–Kier alpha value is -2.15. The normalized spacial score (nSPS) is 13.2. The number of halogens is 1. The predicted molar refractivity (Wildman–Crippen MR) is 95.9 cm³/mol. The Kier molecular flexibility index (Phi) is 7.83. The number of hydrogen-bond acceptors (Lipinski definition) is 4. The van der Waals surface area contributed by atoms with Gasteiger partial charge in [-0.15, -0.1) is 0 Å². The van der Waals surface area contributed by atoms with Gasteiger partial charge in [0.1, 0.15) is 12.1 Å². The molecule has 1 heterocycles. The van der Waals surface area contributed by atoms with Crippen LogP contribution in [0.4, 0.5) is 0 Å². The Morgan fingerprint density at radius 2 is 2.08 bits per heavy atom. The average molecular weight is 369 g/mol. The molecule has 0 aromatic carbocycles.